The maximum atomic E-state index is 11.9. The van der Waals surface area contributed by atoms with Crippen molar-refractivity contribution in [3.8, 4) is 0 Å². The number of carbonyl (C=O) groups excluding carboxylic acids is 1. The van der Waals surface area contributed by atoms with Gasteiger partial charge in [0.2, 0.25) is 5.91 Å². The number of amides is 1. The van der Waals surface area contributed by atoms with Gasteiger partial charge in [-0.2, -0.15) is 0 Å². The number of nitrogens with zero attached hydrogens (tertiary/aromatic N) is 1. The smallest absolute Gasteiger partial charge is 0.222 e. The first-order valence-corrected chi connectivity index (χ1v) is 6.90. The number of aliphatic hydroxyl groups is 1. The summed E-state index contributed by atoms with van der Waals surface area (Å²) in [6.45, 7) is 6.82. The molecule has 0 spiro atoms. The number of likely N-dealkylation sites (N-methyl/N-ethyl adjacent to an activating group) is 1. The third-order valence-corrected chi connectivity index (χ3v) is 3.51. The van der Waals surface area contributed by atoms with Crippen LogP contribution in [-0.2, 0) is 4.79 Å². The molecule has 0 aliphatic carbocycles. The van der Waals surface area contributed by atoms with E-state index in [0.717, 1.165) is 0 Å². The van der Waals surface area contributed by atoms with Crippen LogP contribution in [0.3, 0.4) is 0 Å². The first-order valence-electron chi connectivity index (χ1n) is 6.90. The van der Waals surface area contributed by atoms with Crippen molar-refractivity contribution in [2.75, 3.05) is 20.2 Å². The predicted octanol–water partition coefficient (Wildman–Crippen LogP) is 2.75. The highest BCUT2D eigenvalue weighted by atomic mass is 16.3. The van der Waals surface area contributed by atoms with Crippen LogP contribution >= 0.6 is 0 Å². The molecule has 0 heterocycles. The molecule has 3 heteroatoms. The van der Waals surface area contributed by atoms with Crippen molar-refractivity contribution < 1.29 is 9.90 Å². The van der Waals surface area contributed by atoms with Crippen LogP contribution in [0.5, 0.6) is 0 Å². The fourth-order valence-corrected chi connectivity index (χ4v) is 2.02. The average Bonchev–Trinajstić information content (AvgIpc) is 2.38. The van der Waals surface area contributed by atoms with Gasteiger partial charge in [0.05, 0.1) is 6.61 Å². The van der Waals surface area contributed by atoms with Gasteiger partial charge in [0, 0.05) is 20.0 Å². The Kier molecular flexibility index (Phi) is 6.03. The van der Waals surface area contributed by atoms with Gasteiger partial charge in [-0.05, 0) is 23.0 Å². The number of carbonyl (C=O) groups is 1. The monoisotopic (exact) mass is 263 g/mol. The normalized spacial score (nSPS) is 12.5. The second kappa shape index (κ2) is 7.29. The molecular formula is C16H25NO2. The van der Waals surface area contributed by atoms with Crippen molar-refractivity contribution in [3.63, 3.8) is 0 Å². The highest BCUT2D eigenvalue weighted by molar-refractivity contribution is 5.76. The average molecular weight is 263 g/mol. The van der Waals surface area contributed by atoms with Crippen LogP contribution in [0, 0.1) is 0 Å². The Bertz CT molecular complexity index is 398. The Morgan fingerprint density at radius 1 is 1.16 bits per heavy atom. The van der Waals surface area contributed by atoms with Crippen LogP contribution < -0.4 is 0 Å². The zero-order valence-corrected chi connectivity index (χ0v) is 12.4. The summed E-state index contributed by atoms with van der Waals surface area (Å²) in [6, 6.07) is 8.50. The largest absolute Gasteiger partial charge is 0.395 e. The second-order valence-corrected chi connectivity index (χ2v) is 5.47. The van der Waals surface area contributed by atoms with E-state index in [0.29, 0.717) is 18.9 Å². The van der Waals surface area contributed by atoms with Gasteiger partial charge in [0.25, 0.3) is 0 Å². The van der Waals surface area contributed by atoms with Crippen LogP contribution in [0.2, 0.25) is 0 Å². The van der Waals surface area contributed by atoms with E-state index in [1.54, 1.807) is 11.9 Å². The fourth-order valence-electron chi connectivity index (χ4n) is 2.02. The minimum atomic E-state index is 0.0136. The zero-order valence-electron chi connectivity index (χ0n) is 12.4. The second-order valence-electron chi connectivity index (χ2n) is 5.47. The van der Waals surface area contributed by atoms with Crippen LogP contribution in [-0.4, -0.2) is 36.1 Å². The Morgan fingerprint density at radius 3 is 2.16 bits per heavy atom. The van der Waals surface area contributed by atoms with E-state index in [1.807, 2.05) is 0 Å². The third kappa shape index (κ3) is 4.67. The van der Waals surface area contributed by atoms with Gasteiger partial charge >= 0.3 is 0 Å². The van der Waals surface area contributed by atoms with Crippen molar-refractivity contribution in [1.29, 1.82) is 0 Å². The van der Waals surface area contributed by atoms with Crippen molar-refractivity contribution in [2.24, 2.45) is 0 Å². The quantitative estimate of drug-likeness (QED) is 0.857. The van der Waals surface area contributed by atoms with Crippen LogP contribution in [0.25, 0.3) is 0 Å². The maximum Gasteiger partial charge on any atom is 0.222 e. The van der Waals surface area contributed by atoms with Crippen LogP contribution in [0.15, 0.2) is 24.3 Å². The molecule has 1 N–H and O–H groups in total. The molecule has 0 radical (unpaired) electrons. The summed E-state index contributed by atoms with van der Waals surface area (Å²) in [5.41, 5.74) is 2.51. The van der Waals surface area contributed by atoms with Gasteiger partial charge in [0.1, 0.15) is 0 Å². The molecule has 0 aliphatic rings. The van der Waals surface area contributed by atoms with E-state index in [9.17, 15) is 4.79 Å². The Morgan fingerprint density at radius 2 is 1.68 bits per heavy atom. The van der Waals surface area contributed by atoms with E-state index in [2.05, 4.69) is 45.0 Å². The predicted molar refractivity (Wildman–Crippen MR) is 78.3 cm³/mol. The van der Waals surface area contributed by atoms with Crippen molar-refractivity contribution >= 4 is 5.91 Å². The van der Waals surface area contributed by atoms with E-state index in [1.165, 1.54) is 11.1 Å². The molecule has 0 aliphatic heterocycles. The summed E-state index contributed by atoms with van der Waals surface area (Å²) in [6.07, 6.45) is 0.484. The molecule has 0 saturated heterocycles. The molecular weight excluding hydrogens is 238 g/mol. The van der Waals surface area contributed by atoms with Crippen molar-refractivity contribution in [1.82, 2.24) is 4.90 Å². The first-order chi connectivity index (χ1) is 8.95. The van der Waals surface area contributed by atoms with E-state index >= 15 is 0 Å². The van der Waals surface area contributed by atoms with E-state index in [-0.39, 0.29) is 18.4 Å². The number of rotatable bonds is 6. The van der Waals surface area contributed by atoms with E-state index in [4.69, 9.17) is 5.11 Å². The molecule has 1 atom stereocenters. The summed E-state index contributed by atoms with van der Waals surface area (Å²) in [5, 5.41) is 8.83. The molecule has 0 saturated carbocycles. The molecule has 1 aromatic rings. The lowest BCUT2D eigenvalue weighted by atomic mass is 9.94. The van der Waals surface area contributed by atoms with Gasteiger partial charge in [-0.3, -0.25) is 4.79 Å². The summed E-state index contributed by atoms with van der Waals surface area (Å²) >= 11 is 0. The molecule has 1 unspecified atom stereocenters. The summed E-state index contributed by atoms with van der Waals surface area (Å²) in [7, 11) is 1.73. The standard InChI is InChI=1S/C16H25NO2/c1-12(2)14-5-7-15(8-6-14)13(3)11-16(19)17(4)9-10-18/h5-8,12-13,18H,9-11H2,1-4H3. The lowest BCUT2D eigenvalue weighted by Gasteiger charge is -2.19. The highest BCUT2D eigenvalue weighted by Crippen LogP contribution is 2.22. The molecule has 1 aromatic carbocycles. The molecule has 3 nitrogen and oxygen atoms in total. The van der Waals surface area contributed by atoms with Crippen molar-refractivity contribution in [2.45, 2.75) is 39.0 Å². The lowest BCUT2D eigenvalue weighted by Crippen LogP contribution is -2.30. The van der Waals surface area contributed by atoms with Gasteiger partial charge in [-0.1, -0.05) is 45.0 Å². The zero-order chi connectivity index (χ0) is 14.4. The van der Waals surface area contributed by atoms with Gasteiger partial charge < -0.3 is 10.0 Å². The topological polar surface area (TPSA) is 40.5 Å². The maximum absolute atomic E-state index is 11.9. The molecule has 19 heavy (non-hydrogen) atoms. The molecule has 0 aromatic heterocycles. The van der Waals surface area contributed by atoms with Gasteiger partial charge in [-0.25, -0.2) is 0 Å². The van der Waals surface area contributed by atoms with Gasteiger partial charge in [-0.15, -0.1) is 0 Å². The third-order valence-electron chi connectivity index (χ3n) is 3.51. The Balaban J connectivity index is 2.62. The molecule has 0 bridgehead atoms. The number of hydrogen-bond acceptors (Lipinski definition) is 2. The fraction of sp³-hybridized carbons (Fsp3) is 0.562. The highest BCUT2D eigenvalue weighted by Gasteiger charge is 2.14. The van der Waals surface area contributed by atoms with Gasteiger partial charge in [0.15, 0.2) is 0 Å². The Hall–Kier alpha value is -1.35. The number of benzene rings is 1. The summed E-state index contributed by atoms with van der Waals surface area (Å²) in [4.78, 5) is 13.5. The van der Waals surface area contributed by atoms with Crippen LogP contribution in [0.4, 0.5) is 0 Å². The SMILES string of the molecule is CC(C)c1ccc(C(C)CC(=O)N(C)CCO)cc1. The van der Waals surface area contributed by atoms with E-state index < -0.39 is 0 Å². The summed E-state index contributed by atoms with van der Waals surface area (Å²) < 4.78 is 0. The van der Waals surface area contributed by atoms with Crippen LogP contribution in [0.1, 0.15) is 50.2 Å². The van der Waals surface area contributed by atoms with Crippen molar-refractivity contribution in [3.05, 3.63) is 35.4 Å². The number of hydrogen-bond donors (Lipinski definition) is 1. The number of aliphatic hydroxyl groups excluding tert-OH is 1. The first kappa shape index (κ1) is 15.7. The Labute approximate surface area is 116 Å². The minimum Gasteiger partial charge on any atom is -0.395 e. The molecule has 1 amide bonds. The minimum absolute atomic E-state index is 0.0136. The molecule has 1 rings (SSSR count). The molecule has 106 valence electrons. The summed E-state index contributed by atoms with van der Waals surface area (Å²) in [5.74, 6) is 0.811. The molecule has 0 fully saturated rings. The lowest BCUT2D eigenvalue weighted by molar-refractivity contribution is -0.130.